The number of rotatable bonds is 3. The average molecular weight is 455 g/mol. The second-order valence-corrected chi connectivity index (χ2v) is 9.94. The molecule has 1 heterocycles. The quantitative estimate of drug-likeness (QED) is 0.400. The Kier molecular flexibility index (Phi) is 5.45. The number of hydrogen-bond acceptors (Lipinski definition) is 4. The van der Waals surface area contributed by atoms with E-state index in [4.69, 9.17) is 0 Å². The summed E-state index contributed by atoms with van der Waals surface area (Å²) in [5.74, 6) is -1.19. The number of likely N-dealkylation sites (N-methyl/N-ethyl adjacent to an activating group) is 1. The number of halogens is 4. The fourth-order valence-corrected chi connectivity index (χ4v) is 6.17. The van der Waals surface area contributed by atoms with Crippen LogP contribution in [-0.2, 0) is 6.18 Å². The van der Waals surface area contributed by atoms with Crippen LogP contribution in [0.2, 0.25) is 0 Å². The van der Waals surface area contributed by atoms with Gasteiger partial charge < -0.3 is 10.0 Å². The molecule has 0 atom stereocenters. The number of anilines is 2. The van der Waals surface area contributed by atoms with Crippen LogP contribution in [0.3, 0.4) is 0 Å². The van der Waals surface area contributed by atoms with E-state index in [1.54, 1.807) is 12.1 Å². The molecule has 0 radical (unpaired) electrons. The maximum absolute atomic E-state index is 13.6. The van der Waals surface area contributed by atoms with E-state index in [0.29, 0.717) is 22.8 Å². The van der Waals surface area contributed by atoms with Gasteiger partial charge in [0, 0.05) is 12.2 Å². The number of phenols is 1. The number of aromatic hydroxyl groups is 1. The van der Waals surface area contributed by atoms with Crippen molar-refractivity contribution in [1.82, 2.24) is 4.31 Å². The van der Waals surface area contributed by atoms with Crippen molar-refractivity contribution in [3.05, 3.63) is 47.8 Å². The fourth-order valence-electron chi connectivity index (χ4n) is 5.07. The molecule has 1 fully saturated rings. The largest absolute Gasteiger partial charge is 0.507 e. The van der Waals surface area contributed by atoms with Crippen molar-refractivity contribution in [1.29, 1.82) is 0 Å². The van der Waals surface area contributed by atoms with E-state index in [2.05, 4.69) is 18.2 Å². The van der Waals surface area contributed by atoms with Gasteiger partial charge in [0.2, 0.25) is 0 Å². The van der Waals surface area contributed by atoms with Gasteiger partial charge in [-0.1, -0.05) is 26.7 Å². The number of hydrogen-bond donors (Lipinski definition) is 1. The Labute approximate surface area is 184 Å². The van der Waals surface area contributed by atoms with Crippen molar-refractivity contribution in [2.45, 2.75) is 56.1 Å². The smallest absolute Gasteiger partial charge is 0.420 e. The molecule has 1 aliphatic carbocycles. The molecular weight excluding hydrogens is 428 g/mol. The van der Waals surface area contributed by atoms with Gasteiger partial charge >= 0.3 is 6.18 Å². The standard InChI is InChI=1S/C23H26F4N2OS/c1-4-21(5-2)12-22(13-21)14-29(16-8-6-15(24)7-9-16)18-10-17(23(25,26)27)19(30)11-20(18)31-28(22)3/h6-11,30H,4-5,12-14H2,1-3H3. The molecule has 8 heteroatoms. The van der Waals surface area contributed by atoms with Crippen molar-refractivity contribution in [3.63, 3.8) is 0 Å². The number of benzene rings is 2. The minimum absolute atomic E-state index is 0.221. The van der Waals surface area contributed by atoms with E-state index in [1.165, 1.54) is 30.1 Å². The number of fused-ring (bicyclic) bond motifs is 1. The van der Waals surface area contributed by atoms with Gasteiger partial charge in [0.15, 0.2) is 0 Å². The number of alkyl halides is 3. The minimum atomic E-state index is -4.68. The zero-order chi connectivity index (χ0) is 22.6. The summed E-state index contributed by atoms with van der Waals surface area (Å²) >= 11 is 1.36. The van der Waals surface area contributed by atoms with E-state index in [-0.39, 0.29) is 11.0 Å². The molecule has 0 saturated heterocycles. The summed E-state index contributed by atoms with van der Waals surface area (Å²) in [6, 6.07) is 8.03. The van der Waals surface area contributed by atoms with Gasteiger partial charge in [0.05, 0.1) is 21.7 Å². The van der Waals surface area contributed by atoms with E-state index in [9.17, 15) is 22.7 Å². The Morgan fingerprint density at radius 3 is 2.23 bits per heavy atom. The van der Waals surface area contributed by atoms with Crippen LogP contribution in [0.5, 0.6) is 5.75 Å². The lowest BCUT2D eigenvalue weighted by atomic mass is 9.54. The zero-order valence-corrected chi connectivity index (χ0v) is 18.6. The lowest BCUT2D eigenvalue weighted by molar-refractivity contribution is -0.138. The summed E-state index contributed by atoms with van der Waals surface area (Å²) in [4.78, 5) is 2.38. The zero-order valence-electron chi connectivity index (χ0n) is 17.8. The van der Waals surface area contributed by atoms with Gasteiger partial charge in [0.1, 0.15) is 11.6 Å². The Hall–Kier alpha value is -1.93. The van der Waals surface area contributed by atoms with Crippen LogP contribution in [-0.4, -0.2) is 28.5 Å². The second-order valence-electron chi connectivity index (χ2n) is 8.77. The summed E-state index contributed by atoms with van der Waals surface area (Å²) in [6.45, 7) is 4.85. The lowest BCUT2D eigenvalue weighted by Gasteiger charge is -2.60. The molecule has 0 unspecified atom stereocenters. The summed E-state index contributed by atoms with van der Waals surface area (Å²) in [5.41, 5.74) is -0.0854. The molecule has 2 aromatic carbocycles. The first-order valence-electron chi connectivity index (χ1n) is 10.4. The molecule has 4 rings (SSSR count). The van der Waals surface area contributed by atoms with Crippen LogP contribution in [0.15, 0.2) is 41.3 Å². The van der Waals surface area contributed by atoms with Gasteiger partial charge in [-0.2, -0.15) is 13.2 Å². The monoisotopic (exact) mass is 454 g/mol. The summed E-state index contributed by atoms with van der Waals surface area (Å²) in [7, 11) is 1.96. The first kappa shape index (κ1) is 22.3. The molecule has 1 spiro atoms. The highest BCUT2D eigenvalue weighted by molar-refractivity contribution is 7.97. The van der Waals surface area contributed by atoms with Crippen molar-refractivity contribution in [2.24, 2.45) is 5.41 Å². The van der Waals surface area contributed by atoms with Crippen LogP contribution < -0.4 is 4.90 Å². The second kappa shape index (κ2) is 7.59. The molecule has 2 aromatic rings. The number of phenolic OH excluding ortho intramolecular Hbond substituents is 1. The molecule has 0 bridgehead atoms. The van der Waals surface area contributed by atoms with Crippen LogP contribution in [0.1, 0.15) is 45.1 Å². The normalized spacial score (nSPS) is 20.3. The highest BCUT2D eigenvalue weighted by atomic mass is 32.2. The Morgan fingerprint density at radius 1 is 1.06 bits per heavy atom. The van der Waals surface area contributed by atoms with Crippen molar-refractivity contribution >= 4 is 23.3 Å². The van der Waals surface area contributed by atoms with Crippen molar-refractivity contribution in [2.75, 3.05) is 18.5 Å². The van der Waals surface area contributed by atoms with E-state index in [0.717, 1.165) is 31.7 Å². The molecule has 1 aliphatic heterocycles. The maximum atomic E-state index is 13.6. The fraction of sp³-hybridized carbons (Fsp3) is 0.478. The predicted octanol–water partition coefficient (Wildman–Crippen LogP) is 6.98. The molecule has 168 valence electrons. The minimum Gasteiger partial charge on any atom is -0.507 e. The highest BCUT2D eigenvalue weighted by Gasteiger charge is 2.57. The van der Waals surface area contributed by atoms with Crippen molar-refractivity contribution in [3.8, 4) is 5.75 Å². The molecule has 1 N–H and O–H groups in total. The van der Waals surface area contributed by atoms with Gasteiger partial charge in [0.25, 0.3) is 0 Å². The summed E-state index contributed by atoms with van der Waals surface area (Å²) < 4.78 is 56.4. The molecule has 3 nitrogen and oxygen atoms in total. The Morgan fingerprint density at radius 2 is 1.68 bits per heavy atom. The summed E-state index contributed by atoms with van der Waals surface area (Å²) in [5, 5.41) is 10.1. The van der Waals surface area contributed by atoms with Gasteiger partial charge in [-0.25, -0.2) is 8.70 Å². The van der Waals surface area contributed by atoms with E-state index >= 15 is 0 Å². The third-order valence-electron chi connectivity index (χ3n) is 7.08. The van der Waals surface area contributed by atoms with Crippen LogP contribution >= 0.6 is 11.9 Å². The van der Waals surface area contributed by atoms with Crippen LogP contribution in [0, 0.1) is 11.2 Å². The first-order valence-corrected chi connectivity index (χ1v) is 11.2. The Bertz CT molecular complexity index is 965. The average Bonchev–Trinajstić information content (AvgIpc) is 2.79. The van der Waals surface area contributed by atoms with Gasteiger partial charge in [-0.15, -0.1) is 0 Å². The highest BCUT2D eigenvalue weighted by Crippen LogP contribution is 2.60. The maximum Gasteiger partial charge on any atom is 0.420 e. The van der Waals surface area contributed by atoms with Crippen molar-refractivity contribution < 1.29 is 22.7 Å². The van der Waals surface area contributed by atoms with Crippen LogP contribution in [0.25, 0.3) is 0 Å². The molecular formula is C23H26F4N2OS. The number of nitrogens with zero attached hydrogens (tertiary/aromatic N) is 2. The third kappa shape index (κ3) is 3.78. The van der Waals surface area contributed by atoms with Crippen LogP contribution in [0.4, 0.5) is 28.9 Å². The molecule has 2 aliphatic rings. The SMILES string of the molecule is CCC1(CC)CC2(CN(c3ccc(F)cc3)c3cc(C(F)(F)F)c(O)cc3SN2C)C1. The van der Waals surface area contributed by atoms with E-state index < -0.39 is 23.3 Å². The molecule has 0 amide bonds. The topological polar surface area (TPSA) is 26.7 Å². The molecule has 0 aromatic heterocycles. The molecule has 1 saturated carbocycles. The molecule has 31 heavy (non-hydrogen) atoms. The van der Waals surface area contributed by atoms with Gasteiger partial charge in [-0.05, 0) is 73.7 Å². The predicted molar refractivity (Wildman–Crippen MR) is 115 cm³/mol. The third-order valence-corrected chi connectivity index (χ3v) is 8.26. The van der Waals surface area contributed by atoms with Gasteiger partial charge in [-0.3, -0.25) is 0 Å². The Balaban J connectivity index is 1.84. The first-order chi connectivity index (χ1) is 14.5. The lowest BCUT2D eigenvalue weighted by Crippen LogP contribution is -2.62. The summed E-state index contributed by atoms with van der Waals surface area (Å²) in [6.07, 6.45) is -0.719. The van der Waals surface area contributed by atoms with E-state index in [1.807, 2.05) is 11.9 Å².